The molecule has 3 rings (SSSR count). The summed E-state index contributed by atoms with van der Waals surface area (Å²) in [6, 6.07) is 18.1. The molecule has 0 saturated heterocycles. The van der Waals surface area contributed by atoms with Gasteiger partial charge in [-0.2, -0.15) is 0 Å². The number of nitrogens with zero attached hydrogens (tertiary/aromatic N) is 2. The largest absolute Gasteiger partial charge is 0.457 e. The molecule has 0 bridgehead atoms. The van der Waals surface area contributed by atoms with E-state index in [2.05, 4.69) is 29.0 Å². The standard InChI is InChI=1S/C28H33N3O3/c1-3-5-18-31(19-6-4-2)26-12-8-7-11-25(26)27(32)30-24-15-13-23(14-16-24)28(33)34-21-22-10-9-17-29-20-22/h7-17,20H,3-6,18-19,21H2,1-2H3,(H,30,32). The van der Waals surface area contributed by atoms with Crippen molar-refractivity contribution in [2.24, 2.45) is 0 Å². The Labute approximate surface area is 202 Å². The number of benzene rings is 2. The molecule has 0 aliphatic heterocycles. The average molecular weight is 460 g/mol. The number of unbranched alkanes of at least 4 members (excludes halogenated alkanes) is 2. The van der Waals surface area contributed by atoms with Crippen LogP contribution in [0, 0.1) is 0 Å². The molecule has 1 heterocycles. The molecule has 0 fully saturated rings. The maximum absolute atomic E-state index is 13.1. The zero-order valence-electron chi connectivity index (χ0n) is 20.0. The Morgan fingerprint density at radius 2 is 1.62 bits per heavy atom. The lowest BCUT2D eigenvalue weighted by Crippen LogP contribution is -2.28. The van der Waals surface area contributed by atoms with E-state index >= 15 is 0 Å². The Hall–Kier alpha value is -3.67. The van der Waals surface area contributed by atoms with Crippen molar-refractivity contribution in [2.75, 3.05) is 23.3 Å². The first-order valence-electron chi connectivity index (χ1n) is 11.9. The fourth-order valence-electron chi connectivity index (χ4n) is 3.60. The third kappa shape index (κ3) is 7.17. The van der Waals surface area contributed by atoms with Crippen LogP contribution >= 0.6 is 0 Å². The lowest BCUT2D eigenvalue weighted by atomic mass is 10.1. The number of aromatic nitrogens is 1. The van der Waals surface area contributed by atoms with Crippen molar-refractivity contribution < 1.29 is 14.3 Å². The number of ether oxygens (including phenoxy) is 1. The van der Waals surface area contributed by atoms with Crippen molar-refractivity contribution in [1.29, 1.82) is 0 Å². The van der Waals surface area contributed by atoms with Gasteiger partial charge in [0.15, 0.2) is 0 Å². The minimum Gasteiger partial charge on any atom is -0.457 e. The molecule has 1 N–H and O–H groups in total. The number of hydrogen-bond donors (Lipinski definition) is 1. The molecule has 0 radical (unpaired) electrons. The number of esters is 1. The lowest BCUT2D eigenvalue weighted by molar-refractivity contribution is 0.0472. The highest BCUT2D eigenvalue weighted by Crippen LogP contribution is 2.23. The molecule has 1 amide bonds. The van der Waals surface area contributed by atoms with Gasteiger partial charge in [-0.25, -0.2) is 4.79 Å². The molecular formula is C28H33N3O3. The molecule has 0 unspecified atom stereocenters. The molecule has 0 atom stereocenters. The van der Waals surface area contributed by atoms with E-state index in [1.54, 1.807) is 42.7 Å². The van der Waals surface area contributed by atoms with Crippen LogP contribution in [-0.2, 0) is 11.3 Å². The number of nitrogens with one attached hydrogen (secondary N) is 1. The summed E-state index contributed by atoms with van der Waals surface area (Å²) >= 11 is 0. The van der Waals surface area contributed by atoms with Gasteiger partial charge in [-0.05, 0) is 55.3 Å². The van der Waals surface area contributed by atoms with Crippen molar-refractivity contribution in [2.45, 2.75) is 46.1 Å². The first kappa shape index (κ1) is 25.0. The number of carbonyl (C=O) groups is 2. The summed E-state index contributed by atoms with van der Waals surface area (Å²) in [4.78, 5) is 31.8. The third-order valence-electron chi connectivity index (χ3n) is 5.52. The zero-order chi connectivity index (χ0) is 24.2. The van der Waals surface area contributed by atoms with E-state index in [1.807, 2.05) is 30.3 Å². The maximum atomic E-state index is 13.1. The summed E-state index contributed by atoms with van der Waals surface area (Å²) in [6.45, 7) is 6.37. The predicted octanol–water partition coefficient (Wildman–Crippen LogP) is 6.10. The van der Waals surface area contributed by atoms with Gasteiger partial charge in [0.05, 0.1) is 11.1 Å². The van der Waals surface area contributed by atoms with Gasteiger partial charge in [-0.15, -0.1) is 0 Å². The zero-order valence-corrected chi connectivity index (χ0v) is 20.0. The van der Waals surface area contributed by atoms with Crippen LogP contribution in [0.5, 0.6) is 0 Å². The van der Waals surface area contributed by atoms with Crippen LogP contribution in [0.4, 0.5) is 11.4 Å². The Kier molecular flexibility index (Phi) is 9.65. The van der Waals surface area contributed by atoms with E-state index in [9.17, 15) is 9.59 Å². The van der Waals surface area contributed by atoms with E-state index in [0.717, 1.165) is 50.0 Å². The number of carbonyl (C=O) groups excluding carboxylic acids is 2. The number of pyridine rings is 1. The number of amides is 1. The van der Waals surface area contributed by atoms with Crippen LogP contribution in [0.2, 0.25) is 0 Å². The molecular weight excluding hydrogens is 426 g/mol. The van der Waals surface area contributed by atoms with Gasteiger partial charge >= 0.3 is 5.97 Å². The first-order valence-corrected chi connectivity index (χ1v) is 11.9. The SMILES string of the molecule is CCCCN(CCCC)c1ccccc1C(=O)Nc1ccc(C(=O)OCc2cccnc2)cc1. The summed E-state index contributed by atoms with van der Waals surface area (Å²) in [5, 5.41) is 2.96. The number of rotatable bonds is 12. The lowest BCUT2D eigenvalue weighted by Gasteiger charge is -2.26. The molecule has 0 aliphatic rings. The Morgan fingerprint density at radius 1 is 0.912 bits per heavy atom. The highest BCUT2D eigenvalue weighted by Gasteiger charge is 2.16. The highest BCUT2D eigenvalue weighted by molar-refractivity contribution is 6.08. The van der Waals surface area contributed by atoms with Gasteiger partial charge in [0, 0.05) is 42.4 Å². The normalized spacial score (nSPS) is 10.5. The molecule has 6 nitrogen and oxygen atoms in total. The van der Waals surface area contributed by atoms with Gasteiger partial charge < -0.3 is 15.0 Å². The molecule has 178 valence electrons. The summed E-state index contributed by atoms with van der Waals surface area (Å²) in [5.74, 6) is -0.588. The summed E-state index contributed by atoms with van der Waals surface area (Å²) in [5.41, 5.74) is 3.47. The number of para-hydroxylation sites is 1. The molecule has 0 saturated carbocycles. The van der Waals surface area contributed by atoms with Crippen LogP contribution in [-0.4, -0.2) is 29.9 Å². The van der Waals surface area contributed by atoms with Crippen molar-refractivity contribution in [1.82, 2.24) is 4.98 Å². The second kappa shape index (κ2) is 13.1. The average Bonchev–Trinajstić information content (AvgIpc) is 2.88. The summed E-state index contributed by atoms with van der Waals surface area (Å²) in [7, 11) is 0. The van der Waals surface area contributed by atoms with E-state index < -0.39 is 5.97 Å². The molecule has 2 aromatic carbocycles. The number of anilines is 2. The van der Waals surface area contributed by atoms with Crippen LogP contribution < -0.4 is 10.2 Å². The molecule has 6 heteroatoms. The molecule has 3 aromatic rings. The minimum absolute atomic E-state index is 0.161. The van der Waals surface area contributed by atoms with Gasteiger partial charge in [0.1, 0.15) is 6.61 Å². The molecule has 1 aromatic heterocycles. The van der Waals surface area contributed by atoms with Crippen LogP contribution in [0.25, 0.3) is 0 Å². The Morgan fingerprint density at radius 3 is 2.26 bits per heavy atom. The Bertz CT molecular complexity index is 1040. The minimum atomic E-state index is -0.422. The van der Waals surface area contributed by atoms with Crippen LogP contribution in [0.15, 0.2) is 73.1 Å². The van der Waals surface area contributed by atoms with Gasteiger partial charge in [-0.1, -0.05) is 44.9 Å². The van der Waals surface area contributed by atoms with E-state index in [0.29, 0.717) is 16.8 Å². The van der Waals surface area contributed by atoms with Crippen molar-refractivity contribution in [3.8, 4) is 0 Å². The smallest absolute Gasteiger partial charge is 0.338 e. The highest BCUT2D eigenvalue weighted by atomic mass is 16.5. The summed E-state index contributed by atoms with van der Waals surface area (Å²) < 4.78 is 5.34. The van der Waals surface area contributed by atoms with Crippen molar-refractivity contribution >= 4 is 23.3 Å². The third-order valence-corrected chi connectivity index (χ3v) is 5.52. The Balaban J connectivity index is 1.65. The fraction of sp³-hybridized carbons (Fsp3) is 0.321. The summed E-state index contributed by atoms with van der Waals surface area (Å²) in [6.07, 6.45) is 7.71. The number of hydrogen-bond acceptors (Lipinski definition) is 5. The fourth-order valence-corrected chi connectivity index (χ4v) is 3.60. The molecule has 0 aliphatic carbocycles. The van der Waals surface area contributed by atoms with Crippen LogP contribution in [0.1, 0.15) is 65.8 Å². The van der Waals surface area contributed by atoms with E-state index in [1.165, 1.54) is 0 Å². The second-order valence-corrected chi connectivity index (χ2v) is 8.18. The monoisotopic (exact) mass is 459 g/mol. The van der Waals surface area contributed by atoms with E-state index in [4.69, 9.17) is 4.74 Å². The maximum Gasteiger partial charge on any atom is 0.338 e. The predicted molar refractivity (Wildman–Crippen MR) is 136 cm³/mol. The molecule has 34 heavy (non-hydrogen) atoms. The first-order chi connectivity index (χ1) is 16.6. The van der Waals surface area contributed by atoms with Gasteiger partial charge in [0.2, 0.25) is 0 Å². The molecule has 0 spiro atoms. The topological polar surface area (TPSA) is 71.5 Å². The van der Waals surface area contributed by atoms with Crippen molar-refractivity contribution in [3.05, 3.63) is 89.7 Å². The van der Waals surface area contributed by atoms with Gasteiger partial charge in [-0.3, -0.25) is 9.78 Å². The van der Waals surface area contributed by atoms with Gasteiger partial charge in [0.25, 0.3) is 5.91 Å². The van der Waals surface area contributed by atoms with E-state index in [-0.39, 0.29) is 12.5 Å². The quantitative estimate of drug-likeness (QED) is 0.332. The van der Waals surface area contributed by atoms with Crippen molar-refractivity contribution in [3.63, 3.8) is 0 Å². The second-order valence-electron chi connectivity index (χ2n) is 8.18. The van der Waals surface area contributed by atoms with Crippen LogP contribution in [0.3, 0.4) is 0 Å².